The van der Waals surface area contributed by atoms with Crippen LogP contribution in [0, 0.1) is 0 Å². The summed E-state index contributed by atoms with van der Waals surface area (Å²) < 4.78 is 1.22. The standard InChI is InChI=1S/C34H38N7/c1-3-13-35-29(7-1)31-23-28(24-32(37-31)30-8-2-4-14-36-30)27-11-9-26(10-12-27)25-41-21-6-17-40-19-18-38-15-5-16-39(20-22-41)33(38)34(40)41/h1-4,7-14,23-24,33-34H,5-6,15-22,25H2/q+1. The molecule has 7 heterocycles. The molecule has 4 aliphatic rings. The van der Waals surface area contributed by atoms with E-state index in [0.29, 0.717) is 12.3 Å². The van der Waals surface area contributed by atoms with Gasteiger partial charge in [0.05, 0.1) is 35.9 Å². The van der Waals surface area contributed by atoms with Gasteiger partial charge in [0.25, 0.3) is 0 Å². The van der Waals surface area contributed by atoms with E-state index in [1.165, 1.54) is 80.8 Å². The maximum atomic E-state index is 4.95. The first-order valence-electron chi connectivity index (χ1n) is 15.3. The Labute approximate surface area is 242 Å². The molecule has 8 rings (SSSR count). The molecule has 4 saturated heterocycles. The number of piperazine rings is 2. The Morgan fingerprint density at radius 1 is 0.610 bits per heavy atom. The predicted molar refractivity (Wildman–Crippen MR) is 161 cm³/mol. The van der Waals surface area contributed by atoms with Crippen molar-refractivity contribution in [1.29, 1.82) is 0 Å². The Morgan fingerprint density at radius 3 is 1.95 bits per heavy atom. The van der Waals surface area contributed by atoms with E-state index >= 15 is 0 Å². The highest BCUT2D eigenvalue weighted by molar-refractivity contribution is 5.74. The van der Waals surface area contributed by atoms with E-state index in [1.807, 2.05) is 48.8 Å². The van der Waals surface area contributed by atoms with E-state index in [1.54, 1.807) is 0 Å². The summed E-state index contributed by atoms with van der Waals surface area (Å²) >= 11 is 0. The fraction of sp³-hybridized carbons (Fsp3) is 0.382. The first-order chi connectivity index (χ1) is 20.3. The number of pyridine rings is 3. The normalized spacial score (nSPS) is 26.4. The van der Waals surface area contributed by atoms with Gasteiger partial charge in [0.1, 0.15) is 12.7 Å². The summed E-state index contributed by atoms with van der Waals surface area (Å²) in [7, 11) is 0. The maximum Gasteiger partial charge on any atom is 0.175 e. The quantitative estimate of drug-likeness (QED) is 0.343. The SMILES string of the molecule is c1ccc(-c2cc(-c3ccc(C[N+]45CCCN6CCN7CCCN(CC4)C7C65)cc3)cc(-c3ccccn3)n2)nc1. The van der Waals surface area contributed by atoms with E-state index in [0.717, 1.165) is 34.9 Å². The van der Waals surface area contributed by atoms with Crippen LogP contribution in [0.5, 0.6) is 0 Å². The van der Waals surface area contributed by atoms with Gasteiger partial charge in [0, 0.05) is 63.6 Å². The zero-order valence-corrected chi connectivity index (χ0v) is 23.6. The molecule has 3 atom stereocenters. The number of quaternary nitrogens is 1. The molecule has 4 fully saturated rings. The molecular formula is C34H38N7+. The first-order valence-corrected chi connectivity index (χ1v) is 15.3. The Kier molecular flexibility index (Phi) is 6.41. The Morgan fingerprint density at radius 2 is 1.27 bits per heavy atom. The zero-order chi connectivity index (χ0) is 27.2. The van der Waals surface area contributed by atoms with Crippen molar-refractivity contribution in [1.82, 2.24) is 29.7 Å². The molecule has 208 valence electrons. The Hall–Kier alpha value is -3.49. The van der Waals surface area contributed by atoms with Gasteiger partial charge in [-0.25, -0.2) is 4.98 Å². The van der Waals surface area contributed by atoms with Crippen molar-refractivity contribution in [3.63, 3.8) is 0 Å². The van der Waals surface area contributed by atoms with Gasteiger partial charge in [-0.05, 0) is 53.9 Å². The fourth-order valence-electron chi connectivity index (χ4n) is 7.99. The summed E-state index contributed by atoms with van der Waals surface area (Å²) in [6.07, 6.45) is 7.49. The molecule has 4 aromatic rings. The molecule has 0 bridgehead atoms. The van der Waals surface area contributed by atoms with Crippen LogP contribution in [0.4, 0.5) is 0 Å². The molecule has 0 saturated carbocycles. The molecule has 7 heteroatoms. The number of rotatable bonds is 5. The second-order valence-corrected chi connectivity index (χ2v) is 12.2. The topological polar surface area (TPSA) is 48.4 Å². The van der Waals surface area contributed by atoms with Crippen molar-refractivity contribution >= 4 is 0 Å². The molecule has 3 aromatic heterocycles. The lowest BCUT2D eigenvalue weighted by atomic mass is 9.95. The number of hydrogen-bond donors (Lipinski definition) is 0. The van der Waals surface area contributed by atoms with E-state index < -0.39 is 0 Å². The van der Waals surface area contributed by atoms with Crippen molar-refractivity contribution in [2.24, 2.45) is 0 Å². The summed E-state index contributed by atoms with van der Waals surface area (Å²) in [4.78, 5) is 22.6. The van der Waals surface area contributed by atoms with Crippen LogP contribution in [-0.4, -0.2) is 98.8 Å². The second kappa shape index (κ2) is 10.4. The van der Waals surface area contributed by atoms with Crippen molar-refractivity contribution in [2.75, 3.05) is 52.4 Å². The second-order valence-electron chi connectivity index (χ2n) is 12.2. The zero-order valence-electron chi connectivity index (χ0n) is 23.6. The molecule has 3 unspecified atom stereocenters. The highest BCUT2D eigenvalue weighted by atomic mass is 15.6. The van der Waals surface area contributed by atoms with Crippen LogP contribution in [0.15, 0.2) is 85.2 Å². The lowest BCUT2D eigenvalue weighted by Gasteiger charge is -2.65. The summed E-state index contributed by atoms with van der Waals surface area (Å²) in [6, 6.07) is 25.6. The largest absolute Gasteiger partial charge is 0.301 e. The van der Waals surface area contributed by atoms with E-state index in [9.17, 15) is 0 Å². The van der Waals surface area contributed by atoms with Gasteiger partial charge >= 0.3 is 0 Å². The Bertz CT molecular complexity index is 1450. The van der Waals surface area contributed by atoms with Crippen molar-refractivity contribution in [3.05, 3.63) is 90.8 Å². The predicted octanol–water partition coefficient (Wildman–Crippen LogP) is 4.58. The average molecular weight is 545 g/mol. The third kappa shape index (κ3) is 4.57. The van der Waals surface area contributed by atoms with Gasteiger partial charge in [0.2, 0.25) is 0 Å². The minimum atomic E-state index is 0.595. The van der Waals surface area contributed by atoms with Gasteiger partial charge in [-0.1, -0.05) is 36.4 Å². The van der Waals surface area contributed by atoms with Gasteiger partial charge in [0.15, 0.2) is 6.17 Å². The van der Waals surface area contributed by atoms with Crippen LogP contribution < -0.4 is 0 Å². The summed E-state index contributed by atoms with van der Waals surface area (Å²) in [5, 5.41) is 0. The van der Waals surface area contributed by atoms with Gasteiger partial charge in [-0.2, -0.15) is 0 Å². The molecule has 41 heavy (non-hydrogen) atoms. The summed E-state index contributed by atoms with van der Waals surface area (Å²) in [5.74, 6) is 0. The number of aromatic nitrogens is 3. The lowest BCUT2D eigenvalue weighted by Crippen LogP contribution is -2.82. The van der Waals surface area contributed by atoms with Gasteiger partial charge in [-0.3, -0.25) is 24.7 Å². The van der Waals surface area contributed by atoms with E-state index in [4.69, 9.17) is 4.98 Å². The van der Waals surface area contributed by atoms with E-state index in [-0.39, 0.29) is 0 Å². The molecule has 0 amide bonds. The number of nitrogens with zero attached hydrogens (tertiary/aromatic N) is 7. The molecule has 7 nitrogen and oxygen atoms in total. The lowest BCUT2D eigenvalue weighted by molar-refractivity contribution is -0.989. The minimum Gasteiger partial charge on any atom is -0.301 e. The average Bonchev–Trinajstić information content (AvgIpc) is 3.05. The highest BCUT2D eigenvalue weighted by Gasteiger charge is 2.57. The molecular weight excluding hydrogens is 506 g/mol. The smallest absolute Gasteiger partial charge is 0.175 e. The molecule has 0 aliphatic carbocycles. The van der Waals surface area contributed by atoms with E-state index in [2.05, 4.69) is 61.1 Å². The molecule has 0 N–H and O–H groups in total. The van der Waals surface area contributed by atoms with Crippen molar-refractivity contribution in [2.45, 2.75) is 31.7 Å². The number of benzene rings is 1. The fourth-order valence-corrected chi connectivity index (χ4v) is 7.99. The monoisotopic (exact) mass is 544 g/mol. The highest BCUT2D eigenvalue weighted by Crippen LogP contribution is 2.39. The van der Waals surface area contributed by atoms with Crippen LogP contribution in [0.25, 0.3) is 33.9 Å². The van der Waals surface area contributed by atoms with Crippen molar-refractivity contribution in [3.8, 4) is 33.9 Å². The maximum absolute atomic E-state index is 4.95. The third-order valence-corrected chi connectivity index (χ3v) is 9.86. The van der Waals surface area contributed by atoms with Crippen molar-refractivity contribution < 1.29 is 4.48 Å². The number of hydrogen-bond acceptors (Lipinski definition) is 6. The van der Waals surface area contributed by atoms with Crippen LogP contribution in [-0.2, 0) is 6.54 Å². The van der Waals surface area contributed by atoms with Gasteiger partial charge < -0.3 is 4.48 Å². The minimum absolute atomic E-state index is 0.595. The van der Waals surface area contributed by atoms with Gasteiger partial charge in [-0.15, -0.1) is 0 Å². The summed E-state index contributed by atoms with van der Waals surface area (Å²) in [5.41, 5.74) is 7.27. The van der Waals surface area contributed by atoms with Crippen LogP contribution in [0.2, 0.25) is 0 Å². The van der Waals surface area contributed by atoms with Crippen LogP contribution >= 0.6 is 0 Å². The summed E-state index contributed by atoms with van der Waals surface area (Å²) in [6.45, 7) is 11.2. The van der Waals surface area contributed by atoms with Crippen LogP contribution in [0.1, 0.15) is 18.4 Å². The molecule has 1 aromatic carbocycles. The first kappa shape index (κ1) is 25.2. The molecule has 4 aliphatic heterocycles. The molecule has 0 spiro atoms. The molecule has 0 radical (unpaired) electrons. The third-order valence-electron chi connectivity index (χ3n) is 9.86. The van der Waals surface area contributed by atoms with Crippen LogP contribution in [0.3, 0.4) is 0 Å². The Balaban J connectivity index is 1.11.